The van der Waals surface area contributed by atoms with Gasteiger partial charge in [0.25, 0.3) is 0 Å². The third-order valence-corrected chi connectivity index (χ3v) is 3.86. The van der Waals surface area contributed by atoms with E-state index in [9.17, 15) is 8.42 Å². The van der Waals surface area contributed by atoms with Crippen LogP contribution in [0.2, 0.25) is 0 Å². The minimum Gasteiger partial charge on any atom is -0.396 e. The predicted octanol–water partition coefficient (Wildman–Crippen LogP) is -0.938. The first-order valence-electron chi connectivity index (χ1n) is 5.01. The Bertz CT molecular complexity index is 302. The summed E-state index contributed by atoms with van der Waals surface area (Å²) in [4.78, 5) is 0. The molecule has 3 N–H and O–H groups in total. The molecule has 0 spiro atoms. The van der Waals surface area contributed by atoms with Crippen LogP contribution in [0.5, 0.6) is 0 Å². The topological polar surface area (TPSA) is 78.4 Å². The summed E-state index contributed by atoms with van der Waals surface area (Å²) >= 11 is 0. The predicted molar refractivity (Wildman–Crippen MR) is 59.0 cm³/mol. The normalized spacial score (nSPS) is 27.5. The Morgan fingerprint density at radius 2 is 2.33 bits per heavy atom. The molecule has 15 heavy (non-hydrogen) atoms. The van der Waals surface area contributed by atoms with E-state index in [0.717, 1.165) is 13.0 Å². The summed E-state index contributed by atoms with van der Waals surface area (Å²) in [5.41, 5.74) is 0. The Kier molecular flexibility index (Phi) is 4.72. The van der Waals surface area contributed by atoms with Gasteiger partial charge in [-0.15, -0.1) is 6.58 Å². The molecule has 0 aromatic rings. The zero-order valence-corrected chi connectivity index (χ0v) is 9.46. The second kappa shape index (κ2) is 5.60. The molecule has 2 unspecified atom stereocenters. The van der Waals surface area contributed by atoms with Gasteiger partial charge in [-0.2, -0.15) is 0 Å². The first-order chi connectivity index (χ1) is 7.09. The van der Waals surface area contributed by atoms with Crippen LogP contribution < -0.4 is 10.0 Å². The Morgan fingerprint density at radius 3 is 2.93 bits per heavy atom. The second-order valence-electron chi connectivity index (χ2n) is 3.73. The van der Waals surface area contributed by atoms with Crippen LogP contribution in [0, 0.1) is 5.92 Å². The van der Waals surface area contributed by atoms with Gasteiger partial charge >= 0.3 is 0 Å². The minimum atomic E-state index is -3.29. The Balaban J connectivity index is 2.58. The van der Waals surface area contributed by atoms with Gasteiger partial charge in [0.2, 0.25) is 10.0 Å². The van der Waals surface area contributed by atoms with Gasteiger partial charge in [0.05, 0.1) is 5.75 Å². The van der Waals surface area contributed by atoms with E-state index in [1.807, 2.05) is 0 Å². The van der Waals surface area contributed by atoms with Crippen LogP contribution in [0.1, 0.15) is 6.42 Å². The van der Waals surface area contributed by atoms with E-state index in [4.69, 9.17) is 5.11 Å². The molecule has 0 aliphatic carbocycles. The van der Waals surface area contributed by atoms with Crippen molar-refractivity contribution in [3.63, 3.8) is 0 Å². The average molecular weight is 234 g/mol. The first kappa shape index (κ1) is 12.6. The van der Waals surface area contributed by atoms with E-state index in [1.54, 1.807) is 0 Å². The molecule has 0 saturated carbocycles. The number of piperidine rings is 1. The molecule has 0 aromatic heterocycles. The van der Waals surface area contributed by atoms with E-state index in [0.29, 0.717) is 6.54 Å². The molecule has 6 heteroatoms. The van der Waals surface area contributed by atoms with Gasteiger partial charge in [0.15, 0.2) is 0 Å². The molecular formula is C9H18N2O3S. The van der Waals surface area contributed by atoms with E-state index in [1.165, 1.54) is 6.08 Å². The highest BCUT2D eigenvalue weighted by Gasteiger charge is 2.27. The smallest absolute Gasteiger partial charge is 0.215 e. The van der Waals surface area contributed by atoms with Gasteiger partial charge < -0.3 is 10.4 Å². The van der Waals surface area contributed by atoms with Crippen LogP contribution in [0.3, 0.4) is 0 Å². The standard InChI is InChI=1S/C9H18N2O3S/c1-2-5-15(13,14)11-9-6-10-4-3-8(9)7-12/h2,8-12H,1,3-7H2. The maximum Gasteiger partial charge on any atom is 0.215 e. The SMILES string of the molecule is C=CCS(=O)(=O)NC1CNCCC1CO. The van der Waals surface area contributed by atoms with Crippen molar-refractivity contribution >= 4 is 10.0 Å². The maximum atomic E-state index is 11.5. The second-order valence-corrected chi connectivity index (χ2v) is 5.53. The van der Waals surface area contributed by atoms with Crippen LogP contribution >= 0.6 is 0 Å². The van der Waals surface area contributed by atoms with Crippen LogP contribution in [0.25, 0.3) is 0 Å². The van der Waals surface area contributed by atoms with Crippen LogP contribution in [0.15, 0.2) is 12.7 Å². The molecule has 0 radical (unpaired) electrons. The minimum absolute atomic E-state index is 0.00541. The van der Waals surface area contributed by atoms with Gasteiger partial charge in [-0.1, -0.05) is 6.08 Å². The van der Waals surface area contributed by atoms with E-state index < -0.39 is 10.0 Å². The van der Waals surface area contributed by atoms with Gasteiger partial charge in [-0.25, -0.2) is 13.1 Å². The lowest BCUT2D eigenvalue weighted by Crippen LogP contribution is -2.52. The van der Waals surface area contributed by atoms with Crippen LogP contribution in [-0.4, -0.2) is 45.0 Å². The molecule has 1 saturated heterocycles. The molecule has 2 atom stereocenters. The summed E-state index contributed by atoms with van der Waals surface area (Å²) < 4.78 is 25.5. The monoisotopic (exact) mass is 234 g/mol. The molecule has 88 valence electrons. The van der Waals surface area contributed by atoms with Crippen molar-refractivity contribution in [3.05, 3.63) is 12.7 Å². The number of hydrogen-bond donors (Lipinski definition) is 3. The van der Waals surface area contributed by atoms with Crippen molar-refractivity contribution in [1.29, 1.82) is 0 Å². The first-order valence-corrected chi connectivity index (χ1v) is 6.66. The van der Waals surface area contributed by atoms with Crippen molar-refractivity contribution in [1.82, 2.24) is 10.0 Å². The van der Waals surface area contributed by atoms with Gasteiger partial charge in [0.1, 0.15) is 0 Å². The van der Waals surface area contributed by atoms with Gasteiger partial charge in [-0.05, 0) is 13.0 Å². The molecule has 5 nitrogen and oxygen atoms in total. The lowest BCUT2D eigenvalue weighted by atomic mass is 9.94. The highest BCUT2D eigenvalue weighted by molar-refractivity contribution is 7.89. The van der Waals surface area contributed by atoms with Gasteiger partial charge in [-0.3, -0.25) is 0 Å². The maximum absolute atomic E-state index is 11.5. The lowest BCUT2D eigenvalue weighted by molar-refractivity contribution is 0.171. The zero-order chi connectivity index (χ0) is 11.3. The van der Waals surface area contributed by atoms with E-state index in [2.05, 4.69) is 16.6 Å². The van der Waals surface area contributed by atoms with Crippen LogP contribution in [-0.2, 0) is 10.0 Å². The number of sulfonamides is 1. The summed E-state index contributed by atoms with van der Waals surface area (Å²) in [7, 11) is -3.29. The van der Waals surface area contributed by atoms with Crippen molar-refractivity contribution in [2.75, 3.05) is 25.4 Å². The Labute approximate surface area is 90.6 Å². The van der Waals surface area contributed by atoms with Crippen molar-refractivity contribution in [2.45, 2.75) is 12.5 Å². The van der Waals surface area contributed by atoms with E-state index >= 15 is 0 Å². The number of hydrogen-bond acceptors (Lipinski definition) is 4. The number of rotatable bonds is 5. The highest BCUT2D eigenvalue weighted by Crippen LogP contribution is 2.12. The Hall–Kier alpha value is -0.430. The summed E-state index contributed by atoms with van der Waals surface area (Å²) in [6, 6.07) is -0.214. The number of aliphatic hydroxyl groups excluding tert-OH is 1. The molecule has 1 fully saturated rings. The van der Waals surface area contributed by atoms with E-state index in [-0.39, 0.29) is 24.3 Å². The van der Waals surface area contributed by atoms with Crippen molar-refractivity contribution < 1.29 is 13.5 Å². The molecular weight excluding hydrogens is 216 g/mol. The Morgan fingerprint density at radius 1 is 1.60 bits per heavy atom. The summed E-state index contributed by atoms with van der Waals surface area (Å²) in [5, 5.41) is 12.2. The molecule has 1 aliphatic rings. The molecule has 1 rings (SSSR count). The third-order valence-electron chi connectivity index (χ3n) is 2.53. The molecule has 0 aromatic carbocycles. The van der Waals surface area contributed by atoms with Crippen molar-refractivity contribution in [2.24, 2.45) is 5.92 Å². The lowest BCUT2D eigenvalue weighted by Gasteiger charge is -2.31. The number of nitrogens with one attached hydrogen (secondary N) is 2. The summed E-state index contributed by atoms with van der Waals surface area (Å²) in [6.45, 7) is 4.81. The zero-order valence-electron chi connectivity index (χ0n) is 8.65. The summed E-state index contributed by atoms with van der Waals surface area (Å²) in [6.07, 6.45) is 2.14. The third kappa shape index (κ3) is 3.90. The fraction of sp³-hybridized carbons (Fsp3) is 0.778. The molecule has 1 heterocycles. The quantitative estimate of drug-likeness (QED) is 0.537. The van der Waals surface area contributed by atoms with Gasteiger partial charge in [0, 0.05) is 25.1 Å². The number of aliphatic hydroxyl groups is 1. The van der Waals surface area contributed by atoms with Crippen molar-refractivity contribution in [3.8, 4) is 0 Å². The fourth-order valence-corrected chi connectivity index (χ4v) is 2.85. The molecule has 1 aliphatic heterocycles. The largest absolute Gasteiger partial charge is 0.396 e. The fourth-order valence-electron chi connectivity index (χ4n) is 1.70. The van der Waals surface area contributed by atoms with Crippen LogP contribution in [0.4, 0.5) is 0 Å². The average Bonchev–Trinajstić information content (AvgIpc) is 2.17. The summed E-state index contributed by atoms with van der Waals surface area (Å²) in [5.74, 6) is -0.0763. The highest BCUT2D eigenvalue weighted by atomic mass is 32.2. The molecule has 0 amide bonds. The molecule has 0 bridgehead atoms.